The molecule has 4 aromatic rings. The van der Waals surface area contributed by atoms with Crippen molar-refractivity contribution in [2.75, 3.05) is 17.6 Å². The van der Waals surface area contributed by atoms with E-state index < -0.39 is 17.3 Å². The van der Waals surface area contributed by atoms with Crippen molar-refractivity contribution in [1.82, 2.24) is 40.8 Å². The van der Waals surface area contributed by atoms with Gasteiger partial charge in [-0.15, -0.1) is 0 Å². The Bertz CT molecular complexity index is 1610. The van der Waals surface area contributed by atoms with Crippen LogP contribution in [0.5, 0.6) is 0 Å². The number of H-pyrrole nitrogens is 1. The molecule has 0 radical (unpaired) electrons. The Kier molecular flexibility index (Phi) is 11.5. The average Bonchev–Trinajstić information content (AvgIpc) is 3.42. The van der Waals surface area contributed by atoms with Gasteiger partial charge < -0.3 is 31.2 Å². The molecule has 1 aromatic carbocycles. The van der Waals surface area contributed by atoms with Crippen LogP contribution in [-0.4, -0.2) is 66.1 Å². The smallest absolute Gasteiger partial charge is 0.407 e. The van der Waals surface area contributed by atoms with E-state index in [2.05, 4.69) is 46.1 Å². The van der Waals surface area contributed by atoms with Crippen molar-refractivity contribution < 1.29 is 19.1 Å². The number of carbonyl (C=O) groups is 2. The van der Waals surface area contributed by atoms with Crippen LogP contribution >= 0.6 is 0 Å². The number of benzene rings is 1. The van der Waals surface area contributed by atoms with Gasteiger partial charge in [0.1, 0.15) is 11.2 Å². The van der Waals surface area contributed by atoms with Crippen LogP contribution in [0.1, 0.15) is 85.3 Å². The van der Waals surface area contributed by atoms with Crippen molar-refractivity contribution in [1.29, 1.82) is 0 Å². The number of anilines is 2. The van der Waals surface area contributed by atoms with Crippen molar-refractivity contribution in [3.63, 3.8) is 0 Å². The summed E-state index contributed by atoms with van der Waals surface area (Å²) in [5, 5.41) is 16.8. The summed E-state index contributed by atoms with van der Waals surface area (Å²) in [6, 6.07) is 11.5. The molecular weight excluding hydrogens is 600 g/mol. The standard InChI is InChI=1S/C22H25N9O2.C11H21NO2/c1-22(2,3)33-21(32)26-12-16(13-7-5-4-6-8-13)28-20-24-10-9-15(27-20)17-14-11-25-19(23)29-18(14)31-30-17;1-11(2,3)14-10(13)12-9-7-5-4-6-8-9/h4-11,16H,12H2,1-3H3,(H,26,32)(H,24,27,28)(H3,23,25,29,30,31);9H,4-8H2,1-3H3,(H,12,13). The Hall–Kier alpha value is -5.01. The summed E-state index contributed by atoms with van der Waals surface area (Å²) in [6.07, 6.45) is 8.40. The quantitative estimate of drug-likeness (QED) is 0.160. The maximum Gasteiger partial charge on any atom is 0.407 e. The maximum absolute atomic E-state index is 12.2. The first kappa shape index (κ1) is 34.9. The second-order valence-corrected chi connectivity index (χ2v) is 13.3. The van der Waals surface area contributed by atoms with E-state index in [9.17, 15) is 9.59 Å². The van der Waals surface area contributed by atoms with Crippen LogP contribution in [0.15, 0.2) is 48.8 Å². The van der Waals surface area contributed by atoms with Crippen LogP contribution in [0.25, 0.3) is 22.4 Å². The monoisotopic (exact) mass is 646 g/mol. The van der Waals surface area contributed by atoms with Crippen LogP contribution in [-0.2, 0) is 9.47 Å². The zero-order valence-electron chi connectivity index (χ0n) is 28.0. The molecule has 1 saturated carbocycles. The maximum atomic E-state index is 12.2. The molecule has 14 nitrogen and oxygen atoms in total. The Morgan fingerprint density at radius 1 is 0.936 bits per heavy atom. The number of nitrogens with zero attached hydrogens (tertiary/aromatic N) is 5. The third kappa shape index (κ3) is 11.4. The molecular formula is C33H46N10O4. The fourth-order valence-corrected chi connectivity index (χ4v) is 4.89. The molecule has 0 aliphatic heterocycles. The number of nitrogens with two attached hydrogens (primary N) is 1. The fraction of sp³-hybridized carbons (Fsp3) is 0.485. The Labute approximate surface area is 275 Å². The Morgan fingerprint density at radius 3 is 2.30 bits per heavy atom. The van der Waals surface area contributed by atoms with Gasteiger partial charge in [0.15, 0.2) is 5.65 Å². The third-order valence-corrected chi connectivity index (χ3v) is 6.92. The van der Waals surface area contributed by atoms with E-state index >= 15 is 0 Å². The van der Waals surface area contributed by atoms with E-state index in [0.717, 1.165) is 18.4 Å². The number of alkyl carbamates (subject to hydrolysis) is 2. The summed E-state index contributed by atoms with van der Waals surface area (Å²) < 4.78 is 10.5. The summed E-state index contributed by atoms with van der Waals surface area (Å²) >= 11 is 0. The molecule has 14 heteroatoms. The van der Waals surface area contributed by atoms with Crippen molar-refractivity contribution >= 4 is 35.1 Å². The number of carbonyl (C=O) groups excluding carboxylic acids is 2. The number of aromatic amines is 1. The molecule has 2 amide bonds. The minimum absolute atomic E-state index is 0.147. The van der Waals surface area contributed by atoms with Crippen LogP contribution < -0.4 is 21.7 Å². The Morgan fingerprint density at radius 2 is 1.62 bits per heavy atom. The summed E-state index contributed by atoms with van der Waals surface area (Å²) in [7, 11) is 0. The number of ether oxygens (including phenoxy) is 2. The molecule has 252 valence electrons. The first-order valence-electron chi connectivity index (χ1n) is 15.8. The van der Waals surface area contributed by atoms with E-state index in [4.69, 9.17) is 15.2 Å². The molecule has 3 heterocycles. The molecule has 3 aromatic heterocycles. The molecule has 47 heavy (non-hydrogen) atoms. The molecule has 1 unspecified atom stereocenters. The summed E-state index contributed by atoms with van der Waals surface area (Å²) in [6.45, 7) is 11.4. The minimum atomic E-state index is -0.585. The predicted molar refractivity (Wildman–Crippen MR) is 180 cm³/mol. The minimum Gasteiger partial charge on any atom is -0.444 e. The van der Waals surface area contributed by atoms with E-state index in [-0.39, 0.29) is 24.6 Å². The van der Waals surface area contributed by atoms with Crippen LogP contribution in [0.2, 0.25) is 0 Å². The molecule has 1 aliphatic rings. The largest absolute Gasteiger partial charge is 0.444 e. The zero-order chi connectivity index (χ0) is 34.0. The van der Waals surface area contributed by atoms with E-state index in [0.29, 0.717) is 34.4 Å². The molecule has 0 bridgehead atoms. The van der Waals surface area contributed by atoms with Gasteiger partial charge in [-0.05, 0) is 66.0 Å². The highest BCUT2D eigenvalue weighted by Gasteiger charge is 2.21. The zero-order valence-corrected chi connectivity index (χ0v) is 28.0. The van der Waals surface area contributed by atoms with Gasteiger partial charge in [0, 0.05) is 25.0 Å². The lowest BCUT2D eigenvalue weighted by atomic mass is 9.96. The van der Waals surface area contributed by atoms with Gasteiger partial charge >= 0.3 is 12.2 Å². The lowest BCUT2D eigenvalue weighted by Gasteiger charge is -2.25. The van der Waals surface area contributed by atoms with Gasteiger partial charge in [0.25, 0.3) is 0 Å². The lowest BCUT2D eigenvalue weighted by molar-refractivity contribution is 0.0489. The van der Waals surface area contributed by atoms with Crippen molar-refractivity contribution in [2.45, 2.75) is 96.9 Å². The number of amides is 2. The van der Waals surface area contributed by atoms with E-state index in [1.807, 2.05) is 71.9 Å². The van der Waals surface area contributed by atoms with Gasteiger partial charge in [0.2, 0.25) is 11.9 Å². The van der Waals surface area contributed by atoms with Crippen molar-refractivity contribution in [3.05, 3.63) is 54.4 Å². The van der Waals surface area contributed by atoms with Crippen LogP contribution in [0.4, 0.5) is 21.5 Å². The van der Waals surface area contributed by atoms with Crippen molar-refractivity contribution in [3.8, 4) is 11.4 Å². The van der Waals surface area contributed by atoms with Gasteiger partial charge in [-0.1, -0.05) is 49.6 Å². The second kappa shape index (κ2) is 15.5. The number of rotatable bonds is 7. The molecule has 1 fully saturated rings. The second-order valence-electron chi connectivity index (χ2n) is 13.3. The number of aromatic nitrogens is 6. The SMILES string of the molecule is CC(C)(C)OC(=O)NC1CCCCC1.CC(C)(C)OC(=O)NCC(Nc1nccc(-c2[nH]nc3nc(N)ncc23)n1)c1ccccc1. The van der Waals surface area contributed by atoms with Gasteiger partial charge in [-0.2, -0.15) is 10.1 Å². The summed E-state index contributed by atoms with van der Waals surface area (Å²) in [5.74, 6) is 0.528. The predicted octanol–water partition coefficient (Wildman–Crippen LogP) is 5.91. The van der Waals surface area contributed by atoms with Gasteiger partial charge in [-0.25, -0.2) is 24.5 Å². The third-order valence-electron chi connectivity index (χ3n) is 6.92. The topological polar surface area (TPSA) is 195 Å². The van der Waals surface area contributed by atoms with Crippen LogP contribution in [0.3, 0.4) is 0 Å². The average molecular weight is 647 g/mol. The summed E-state index contributed by atoms with van der Waals surface area (Å²) in [4.78, 5) is 40.7. The molecule has 5 rings (SSSR count). The molecule has 6 N–H and O–H groups in total. The molecule has 1 atom stereocenters. The fourth-order valence-electron chi connectivity index (χ4n) is 4.89. The highest BCUT2D eigenvalue weighted by Crippen LogP contribution is 2.25. The highest BCUT2D eigenvalue weighted by atomic mass is 16.6. The first-order chi connectivity index (χ1) is 22.3. The summed E-state index contributed by atoms with van der Waals surface area (Å²) in [5.41, 5.74) is 7.33. The van der Waals surface area contributed by atoms with Gasteiger partial charge in [-0.3, -0.25) is 5.10 Å². The number of nitrogens with one attached hydrogen (secondary N) is 4. The molecule has 0 saturated heterocycles. The number of hydrogen-bond acceptors (Lipinski definition) is 11. The first-order valence-corrected chi connectivity index (χ1v) is 15.8. The van der Waals surface area contributed by atoms with Crippen LogP contribution in [0, 0.1) is 0 Å². The lowest BCUT2D eigenvalue weighted by Crippen LogP contribution is -2.39. The Balaban J connectivity index is 0.000000300. The highest BCUT2D eigenvalue weighted by molar-refractivity contribution is 5.89. The number of nitrogen functional groups attached to an aromatic ring is 1. The van der Waals surface area contributed by atoms with Crippen molar-refractivity contribution in [2.24, 2.45) is 0 Å². The molecule has 0 spiro atoms. The normalized spacial score (nSPS) is 14.3. The van der Waals surface area contributed by atoms with E-state index in [1.54, 1.807) is 18.5 Å². The van der Waals surface area contributed by atoms with Gasteiger partial charge in [0.05, 0.1) is 22.8 Å². The number of hydrogen-bond donors (Lipinski definition) is 5. The molecule has 1 aliphatic carbocycles. The van der Waals surface area contributed by atoms with E-state index in [1.165, 1.54) is 19.3 Å². The number of fused-ring (bicyclic) bond motifs is 1.